The maximum atomic E-state index is 10.6. The first-order valence-corrected chi connectivity index (χ1v) is 6.81. The number of carboxylic acid groups (broad SMARTS) is 1. The Morgan fingerprint density at radius 3 is 2.21 bits per heavy atom. The van der Waals surface area contributed by atoms with Gasteiger partial charge in [0.15, 0.2) is 0 Å². The Bertz CT molecular complexity index is 440. The van der Waals surface area contributed by atoms with E-state index in [0.717, 1.165) is 13.1 Å². The molecule has 0 spiro atoms. The van der Waals surface area contributed by atoms with E-state index in [4.69, 9.17) is 5.11 Å². The number of aliphatic carboxylic acids is 1. The predicted molar refractivity (Wildman–Crippen MR) is 78.5 cm³/mol. The summed E-state index contributed by atoms with van der Waals surface area (Å²) in [5, 5.41) is 12.1. The fourth-order valence-corrected chi connectivity index (χ4v) is 2.38. The summed E-state index contributed by atoms with van der Waals surface area (Å²) in [6, 6.07) is 2.22. The normalized spacial score (nSPS) is 12.5. The van der Waals surface area contributed by atoms with Gasteiger partial charge in [-0.05, 0) is 68.0 Å². The van der Waals surface area contributed by atoms with Crippen molar-refractivity contribution in [3.05, 3.63) is 33.9 Å². The highest BCUT2D eigenvalue weighted by atomic mass is 16.4. The van der Waals surface area contributed by atoms with E-state index in [0.29, 0.717) is 0 Å². The number of aryl methyl sites for hydroxylation is 2. The molecule has 106 valence electrons. The number of nitrogens with one attached hydrogen (secondary N) is 1. The Labute approximate surface area is 116 Å². The van der Waals surface area contributed by atoms with E-state index in [-0.39, 0.29) is 12.3 Å². The minimum absolute atomic E-state index is 0.156. The van der Waals surface area contributed by atoms with Crippen LogP contribution in [0.3, 0.4) is 0 Å². The Morgan fingerprint density at radius 2 is 1.74 bits per heavy atom. The second kappa shape index (κ2) is 6.71. The molecular weight excluding hydrogens is 238 g/mol. The lowest BCUT2D eigenvalue weighted by atomic mass is 9.94. The van der Waals surface area contributed by atoms with Gasteiger partial charge in [0.2, 0.25) is 0 Å². The van der Waals surface area contributed by atoms with Crippen LogP contribution in [0.25, 0.3) is 0 Å². The summed E-state index contributed by atoms with van der Waals surface area (Å²) >= 11 is 0. The fraction of sp³-hybridized carbons (Fsp3) is 0.562. The number of carboxylic acids is 1. The van der Waals surface area contributed by atoms with Crippen LogP contribution >= 0.6 is 0 Å². The highest BCUT2D eigenvalue weighted by molar-refractivity contribution is 5.66. The lowest BCUT2D eigenvalue weighted by Gasteiger charge is -2.17. The molecular formula is C16H25NO2. The molecule has 0 saturated carbocycles. The zero-order valence-electron chi connectivity index (χ0n) is 12.6. The van der Waals surface area contributed by atoms with Crippen LogP contribution in [0.4, 0.5) is 0 Å². The molecule has 2 N–H and O–H groups in total. The van der Waals surface area contributed by atoms with Crippen LogP contribution in [0.15, 0.2) is 6.07 Å². The Kier molecular flexibility index (Phi) is 5.55. The number of carbonyl (C=O) groups is 1. The van der Waals surface area contributed by atoms with Gasteiger partial charge >= 0.3 is 5.97 Å². The van der Waals surface area contributed by atoms with Gasteiger partial charge in [0.1, 0.15) is 0 Å². The minimum atomic E-state index is -0.729. The largest absolute Gasteiger partial charge is 0.481 e. The van der Waals surface area contributed by atoms with Gasteiger partial charge in [-0.1, -0.05) is 13.0 Å². The first-order valence-electron chi connectivity index (χ1n) is 6.81. The van der Waals surface area contributed by atoms with Gasteiger partial charge in [0.05, 0.1) is 0 Å². The van der Waals surface area contributed by atoms with Crippen LogP contribution in [0.2, 0.25) is 0 Å². The molecule has 1 rings (SSSR count). The summed E-state index contributed by atoms with van der Waals surface area (Å²) in [7, 11) is 0. The molecule has 0 aliphatic carbocycles. The summed E-state index contributed by atoms with van der Waals surface area (Å²) in [5.41, 5.74) is 6.65. The van der Waals surface area contributed by atoms with E-state index < -0.39 is 5.97 Å². The standard InChI is InChI=1S/C16H25NO2/c1-10(6-16(18)19)8-17-9-15-13(4)11(2)7-12(3)14(15)5/h7,10,17H,6,8-9H2,1-5H3,(H,18,19). The molecule has 1 aromatic rings. The second-order valence-electron chi connectivity index (χ2n) is 5.57. The second-order valence-corrected chi connectivity index (χ2v) is 5.57. The third kappa shape index (κ3) is 4.35. The summed E-state index contributed by atoms with van der Waals surface area (Å²) in [6.07, 6.45) is 0.220. The van der Waals surface area contributed by atoms with Gasteiger partial charge in [0, 0.05) is 13.0 Å². The molecule has 0 radical (unpaired) electrons. The summed E-state index contributed by atoms with van der Waals surface area (Å²) in [4.78, 5) is 10.6. The van der Waals surface area contributed by atoms with E-state index in [1.807, 2.05) is 6.92 Å². The monoisotopic (exact) mass is 263 g/mol. The summed E-state index contributed by atoms with van der Waals surface area (Å²) in [6.45, 7) is 12.1. The van der Waals surface area contributed by atoms with Crippen molar-refractivity contribution in [1.29, 1.82) is 0 Å². The average Bonchev–Trinajstić information content (AvgIpc) is 2.30. The van der Waals surface area contributed by atoms with Crippen LogP contribution in [-0.2, 0) is 11.3 Å². The van der Waals surface area contributed by atoms with Crippen molar-refractivity contribution in [2.45, 2.75) is 47.6 Å². The van der Waals surface area contributed by atoms with Crippen molar-refractivity contribution in [3.63, 3.8) is 0 Å². The van der Waals surface area contributed by atoms with Gasteiger partial charge < -0.3 is 10.4 Å². The molecule has 0 bridgehead atoms. The Morgan fingerprint density at radius 1 is 1.21 bits per heavy atom. The van der Waals surface area contributed by atoms with Crippen molar-refractivity contribution < 1.29 is 9.90 Å². The first kappa shape index (κ1) is 15.7. The molecule has 3 nitrogen and oxygen atoms in total. The molecule has 0 fully saturated rings. The Hall–Kier alpha value is -1.35. The van der Waals surface area contributed by atoms with E-state index in [1.54, 1.807) is 0 Å². The lowest BCUT2D eigenvalue weighted by molar-refractivity contribution is -0.137. The highest BCUT2D eigenvalue weighted by Crippen LogP contribution is 2.21. The van der Waals surface area contributed by atoms with Gasteiger partial charge in [0.25, 0.3) is 0 Å². The van der Waals surface area contributed by atoms with Crippen LogP contribution in [-0.4, -0.2) is 17.6 Å². The number of hydrogen-bond donors (Lipinski definition) is 2. The van der Waals surface area contributed by atoms with Crippen LogP contribution in [0, 0.1) is 33.6 Å². The molecule has 1 unspecified atom stereocenters. The maximum Gasteiger partial charge on any atom is 0.303 e. The van der Waals surface area contributed by atoms with E-state index in [2.05, 4.69) is 39.1 Å². The molecule has 3 heteroatoms. The van der Waals surface area contributed by atoms with Crippen LogP contribution in [0.5, 0.6) is 0 Å². The summed E-state index contributed by atoms with van der Waals surface area (Å²) in [5.74, 6) is -0.572. The van der Waals surface area contributed by atoms with Gasteiger partial charge in [-0.3, -0.25) is 4.79 Å². The quantitative estimate of drug-likeness (QED) is 0.829. The van der Waals surface area contributed by atoms with E-state index >= 15 is 0 Å². The van der Waals surface area contributed by atoms with Gasteiger partial charge in [-0.15, -0.1) is 0 Å². The van der Waals surface area contributed by atoms with Gasteiger partial charge in [-0.2, -0.15) is 0 Å². The van der Waals surface area contributed by atoms with E-state index in [1.165, 1.54) is 27.8 Å². The molecule has 1 aromatic carbocycles. The van der Waals surface area contributed by atoms with E-state index in [9.17, 15) is 4.79 Å². The van der Waals surface area contributed by atoms with Crippen molar-refractivity contribution in [3.8, 4) is 0 Å². The first-order chi connectivity index (χ1) is 8.82. The molecule has 0 aliphatic rings. The highest BCUT2D eigenvalue weighted by Gasteiger charge is 2.10. The maximum absolute atomic E-state index is 10.6. The average molecular weight is 263 g/mol. The molecule has 0 heterocycles. The predicted octanol–water partition coefficient (Wildman–Crippen LogP) is 3.12. The zero-order chi connectivity index (χ0) is 14.6. The Balaban J connectivity index is 2.66. The van der Waals surface area contributed by atoms with Crippen LogP contribution in [0.1, 0.15) is 41.2 Å². The zero-order valence-corrected chi connectivity index (χ0v) is 12.6. The molecule has 0 saturated heterocycles. The molecule has 1 atom stereocenters. The number of benzene rings is 1. The molecule has 0 aromatic heterocycles. The fourth-order valence-electron chi connectivity index (χ4n) is 2.38. The van der Waals surface area contributed by atoms with Crippen molar-refractivity contribution in [1.82, 2.24) is 5.32 Å². The number of rotatable bonds is 6. The topological polar surface area (TPSA) is 49.3 Å². The lowest BCUT2D eigenvalue weighted by Crippen LogP contribution is -2.23. The van der Waals surface area contributed by atoms with Crippen molar-refractivity contribution >= 4 is 5.97 Å². The third-order valence-corrected chi connectivity index (χ3v) is 3.84. The summed E-state index contributed by atoms with van der Waals surface area (Å²) < 4.78 is 0. The molecule has 0 aliphatic heterocycles. The van der Waals surface area contributed by atoms with Crippen LogP contribution < -0.4 is 5.32 Å². The number of hydrogen-bond acceptors (Lipinski definition) is 2. The molecule has 0 amide bonds. The van der Waals surface area contributed by atoms with Crippen molar-refractivity contribution in [2.75, 3.05) is 6.54 Å². The van der Waals surface area contributed by atoms with Gasteiger partial charge in [-0.25, -0.2) is 0 Å². The SMILES string of the molecule is Cc1cc(C)c(C)c(CNCC(C)CC(=O)O)c1C. The van der Waals surface area contributed by atoms with Crippen molar-refractivity contribution in [2.24, 2.45) is 5.92 Å². The smallest absolute Gasteiger partial charge is 0.303 e. The minimum Gasteiger partial charge on any atom is -0.481 e. The molecule has 19 heavy (non-hydrogen) atoms. The third-order valence-electron chi connectivity index (χ3n) is 3.84.